The maximum Gasteiger partial charge on any atom is 0.197 e. The van der Waals surface area contributed by atoms with Crippen LogP contribution < -0.4 is 4.74 Å². The van der Waals surface area contributed by atoms with Crippen LogP contribution in [0, 0.1) is 5.92 Å². The Bertz CT molecular complexity index is 675. The van der Waals surface area contributed by atoms with Gasteiger partial charge in [0.05, 0.1) is 16.6 Å². The van der Waals surface area contributed by atoms with Gasteiger partial charge in [-0.15, -0.1) is 0 Å². The van der Waals surface area contributed by atoms with E-state index in [0.717, 1.165) is 28.4 Å². The number of hydrogen-bond donors (Lipinski definition) is 0. The van der Waals surface area contributed by atoms with E-state index < -0.39 is 12.5 Å². The summed E-state index contributed by atoms with van der Waals surface area (Å²) in [5.41, 5.74) is 3.65. The number of benzene rings is 1. The Balaban J connectivity index is 2.77. The number of Topliss-reactive ketones (excluding diaryl/α,β-unsaturated/α-hetero) is 1. The van der Waals surface area contributed by atoms with Gasteiger partial charge in [0.25, 0.3) is 0 Å². The molecule has 0 atom stereocenters. The van der Waals surface area contributed by atoms with Crippen LogP contribution in [-0.4, -0.2) is 19.1 Å². The number of rotatable bonds is 6. The van der Waals surface area contributed by atoms with Crippen LogP contribution in [0.1, 0.15) is 68.9 Å². The summed E-state index contributed by atoms with van der Waals surface area (Å²) in [5.74, 6) is 0.287. The summed E-state index contributed by atoms with van der Waals surface area (Å²) in [6.07, 6.45) is 4.00. The van der Waals surface area contributed by atoms with Gasteiger partial charge in [-0.2, -0.15) is 0 Å². The van der Waals surface area contributed by atoms with Gasteiger partial charge < -0.3 is 4.74 Å². The van der Waals surface area contributed by atoms with E-state index in [-0.39, 0.29) is 5.41 Å². The second-order valence-electron chi connectivity index (χ2n) is 7.30. The molecule has 0 heterocycles. The highest BCUT2D eigenvalue weighted by atomic mass is 79.9. The summed E-state index contributed by atoms with van der Waals surface area (Å²) >= 11 is 3.67. The minimum Gasteiger partial charge on any atom is -0.492 e. The lowest BCUT2D eigenvalue weighted by Gasteiger charge is -2.35. The quantitative estimate of drug-likeness (QED) is 0.542. The predicted molar refractivity (Wildman–Crippen MR) is 101 cm³/mol. The highest BCUT2D eigenvalue weighted by molar-refractivity contribution is 9.10. The second kappa shape index (κ2) is 7.38. The van der Waals surface area contributed by atoms with Crippen LogP contribution in [0.15, 0.2) is 16.6 Å². The Kier molecular flexibility index (Phi) is 5.90. The fourth-order valence-corrected chi connectivity index (χ4v) is 4.35. The molecular weight excluding hydrogens is 371 g/mol. The van der Waals surface area contributed by atoms with Gasteiger partial charge in [0, 0.05) is 0 Å². The highest BCUT2D eigenvalue weighted by Gasteiger charge is 2.34. The van der Waals surface area contributed by atoms with E-state index in [2.05, 4.69) is 49.7 Å². The van der Waals surface area contributed by atoms with Crippen LogP contribution in [0.4, 0.5) is 4.39 Å². The third-order valence-electron chi connectivity index (χ3n) is 4.54. The minimum atomic E-state index is -1.02. The fraction of sp³-hybridized carbons (Fsp3) is 0.550. The third kappa shape index (κ3) is 3.44. The molecule has 0 unspecified atom stereocenters. The summed E-state index contributed by atoms with van der Waals surface area (Å²) in [5, 5.41) is 0. The zero-order chi connectivity index (χ0) is 18.1. The number of ketones is 1. The SMILES string of the molecule is CCCOc1c(C(=O)CF)cc2c(c1Br)C(C)(C)CC=C2C(C)C. The molecule has 2 rings (SSSR count). The van der Waals surface area contributed by atoms with Gasteiger partial charge in [-0.05, 0) is 62.9 Å². The number of carbonyl (C=O) groups excluding carboxylic acids is 1. The molecule has 1 aromatic rings. The zero-order valence-corrected chi connectivity index (χ0v) is 16.7. The third-order valence-corrected chi connectivity index (χ3v) is 5.29. The molecule has 2 nitrogen and oxygen atoms in total. The Morgan fingerprint density at radius 2 is 2.08 bits per heavy atom. The lowest BCUT2D eigenvalue weighted by Crippen LogP contribution is -2.25. The molecule has 4 heteroatoms. The van der Waals surface area contributed by atoms with Gasteiger partial charge >= 0.3 is 0 Å². The lowest BCUT2D eigenvalue weighted by molar-refractivity contribution is 0.0954. The van der Waals surface area contributed by atoms with E-state index in [4.69, 9.17) is 4.74 Å². The largest absolute Gasteiger partial charge is 0.492 e. The Morgan fingerprint density at radius 3 is 2.62 bits per heavy atom. The van der Waals surface area contributed by atoms with Crippen LogP contribution in [0.25, 0.3) is 5.57 Å². The van der Waals surface area contributed by atoms with Crippen molar-refractivity contribution in [2.45, 2.75) is 52.9 Å². The Morgan fingerprint density at radius 1 is 1.42 bits per heavy atom. The second-order valence-corrected chi connectivity index (χ2v) is 8.09. The van der Waals surface area contributed by atoms with Gasteiger partial charge in [-0.3, -0.25) is 4.79 Å². The maximum atomic E-state index is 13.1. The summed E-state index contributed by atoms with van der Waals surface area (Å²) in [6, 6.07) is 1.83. The van der Waals surface area contributed by atoms with Crippen molar-refractivity contribution < 1.29 is 13.9 Å². The molecule has 0 aromatic heterocycles. The van der Waals surface area contributed by atoms with E-state index in [1.165, 1.54) is 5.57 Å². The molecule has 1 aliphatic rings. The number of halogens is 2. The molecule has 0 radical (unpaired) electrons. The van der Waals surface area contributed by atoms with Crippen molar-refractivity contribution >= 4 is 27.3 Å². The molecule has 0 bridgehead atoms. The molecule has 1 aromatic carbocycles. The molecular formula is C20H26BrFO2. The number of ether oxygens (including phenoxy) is 1. The molecule has 0 aliphatic heterocycles. The number of carbonyl (C=O) groups is 1. The van der Waals surface area contributed by atoms with Gasteiger partial charge in [-0.25, -0.2) is 4.39 Å². The molecule has 0 spiro atoms. The van der Waals surface area contributed by atoms with Crippen molar-refractivity contribution in [3.63, 3.8) is 0 Å². The number of alkyl halides is 1. The first-order chi connectivity index (χ1) is 11.2. The highest BCUT2D eigenvalue weighted by Crippen LogP contribution is 2.49. The molecule has 0 fully saturated rings. The van der Waals surface area contributed by atoms with Crippen LogP contribution in [0.3, 0.4) is 0 Å². The van der Waals surface area contributed by atoms with Crippen molar-refractivity contribution in [3.05, 3.63) is 33.3 Å². The lowest BCUT2D eigenvalue weighted by atomic mass is 9.71. The number of fused-ring (bicyclic) bond motifs is 1. The number of hydrogen-bond acceptors (Lipinski definition) is 2. The fourth-order valence-electron chi connectivity index (χ4n) is 3.27. The van der Waals surface area contributed by atoms with Gasteiger partial charge in [0.15, 0.2) is 12.5 Å². The van der Waals surface area contributed by atoms with Crippen molar-refractivity contribution in [3.8, 4) is 5.75 Å². The average molecular weight is 397 g/mol. The molecule has 0 saturated carbocycles. The van der Waals surface area contributed by atoms with E-state index in [0.29, 0.717) is 23.8 Å². The van der Waals surface area contributed by atoms with E-state index in [1.54, 1.807) is 0 Å². The summed E-state index contributed by atoms with van der Waals surface area (Å²) in [4.78, 5) is 12.2. The first-order valence-electron chi connectivity index (χ1n) is 8.54. The maximum absolute atomic E-state index is 13.1. The number of allylic oxidation sites excluding steroid dienone is 2. The average Bonchev–Trinajstić information content (AvgIpc) is 2.51. The van der Waals surface area contributed by atoms with E-state index >= 15 is 0 Å². The summed E-state index contributed by atoms with van der Waals surface area (Å²) < 4.78 is 19.7. The first kappa shape index (κ1) is 19.2. The van der Waals surface area contributed by atoms with Gasteiger partial charge in [-0.1, -0.05) is 40.7 Å². The van der Waals surface area contributed by atoms with Crippen LogP contribution >= 0.6 is 15.9 Å². The Hall–Kier alpha value is -1.16. The normalized spacial score (nSPS) is 15.9. The van der Waals surface area contributed by atoms with Crippen molar-refractivity contribution in [1.82, 2.24) is 0 Å². The first-order valence-corrected chi connectivity index (χ1v) is 9.33. The summed E-state index contributed by atoms with van der Waals surface area (Å²) in [7, 11) is 0. The van der Waals surface area contributed by atoms with Crippen molar-refractivity contribution in [2.24, 2.45) is 5.92 Å². The van der Waals surface area contributed by atoms with Gasteiger partial charge in [0.1, 0.15) is 5.75 Å². The standard InChI is InChI=1S/C20H26BrFO2/c1-6-9-24-19-15(16(23)11-22)10-14-13(12(2)3)7-8-20(4,5)17(14)18(19)21/h7,10,12H,6,8-9,11H2,1-5H3. The van der Waals surface area contributed by atoms with E-state index in [9.17, 15) is 9.18 Å². The monoisotopic (exact) mass is 396 g/mol. The molecule has 132 valence electrons. The zero-order valence-electron chi connectivity index (χ0n) is 15.1. The molecule has 1 aliphatic carbocycles. The molecule has 0 N–H and O–H groups in total. The van der Waals surface area contributed by atoms with Crippen LogP contribution in [-0.2, 0) is 5.41 Å². The summed E-state index contributed by atoms with van der Waals surface area (Å²) in [6.45, 7) is 10.1. The van der Waals surface area contributed by atoms with Crippen LogP contribution in [0.2, 0.25) is 0 Å². The van der Waals surface area contributed by atoms with Crippen molar-refractivity contribution in [2.75, 3.05) is 13.3 Å². The molecule has 0 amide bonds. The van der Waals surface area contributed by atoms with E-state index in [1.807, 2.05) is 13.0 Å². The predicted octanol–water partition coefficient (Wildman–Crippen LogP) is 6.11. The minimum absolute atomic E-state index is 0.0752. The molecule has 24 heavy (non-hydrogen) atoms. The van der Waals surface area contributed by atoms with Crippen LogP contribution in [0.5, 0.6) is 5.75 Å². The van der Waals surface area contributed by atoms with Crippen molar-refractivity contribution in [1.29, 1.82) is 0 Å². The Labute approximate surface area is 152 Å². The topological polar surface area (TPSA) is 26.3 Å². The smallest absolute Gasteiger partial charge is 0.197 e. The van der Waals surface area contributed by atoms with Gasteiger partial charge in [0.2, 0.25) is 0 Å². The molecule has 0 saturated heterocycles.